The maximum Gasteiger partial charge on any atom is 0.306 e. The van der Waals surface area contributed by atoms with E-state index in [9.17, 15) is 4.79 Å². The minimum absolute atomic E-state index is 0.106. The van der Waals surface area contributed by atoms with Gasteiger partial charge in [-0.15, -0.1) is 0 Å². The largest absolute Gasteiger partial charge is 0.453 e. The fourth-order valence-corrected chi connectivity index (χ4v) is 2.96. The molecule has 1 atom stereocenters. The summed E-state index contributed by atoms with van der Waals surface area (Å²) in [7, 11) is 0. The summed E-state index contributed by atoms with van der Waals surface area (Å²) in [6, 6.07) is 0. The molecule has 0 bridgehead atoms. The van der Waals surface area contributed by atoms with E-state index in [1.54, 1.807) is 0 Å². The van der Waals surface area contributed by atoms with Crippen LogP contribution in [0, 0.1) is 0 Å². The van der Waals surface area contributed by atoms with Crippen LogP contribution in [-0.4, -0.2) is 30.6 Å². The molecule has 4 heteroatoms. The first-order valence-corrected chi connectivity index (χ1v) is 5.26. The van der Waals surface area contributed by atoms with E-state index in [4.69, 9.17) is 14.2 Å². The van der Waals surface area contributed by atoms with Crippen LogP contribution >= 0.6 is 0 Å². The van der Waals surface area contributed by atoms with Crippen LogP contribution < -0.4 is 0 Å². The lowest BCUT2D eigenvalue weighted by molar-refractivity contribution is -0.251. The molecule has 2 saturated heterocycles. The van der Waals surface area contributed by atoms with E-state index in [0.29, 0.717) is 19.6 Å². The van der Waals surface area contributed by atoms with Gasteiger partial charge >= 0.3 is 5.97 Å². The van der Waals surface area contributed by atoms with Gasteiger partial charge < -0.3 is 14.2 Å². The van der Waals surface area contributed by atoms with E-state index >= 15 is 0 Å². The quantitative estimate of drug-likeness (QED) is 0.544. The van der Waals surface area contributed by atoms with Gasteiger partial charge in [0.1, 0.15) is 0 Å². The monoisotopic (exact) mass is 198 g/mol. The van der Waals surface area contributed by atoms with Crippen molar-refractivity contribution in [3.05, 3.63) is 0 Å². The van der Waals surface area contributed by atoms with Crippen LogP contribution in [0.1, 0.15) is 32.1 Å². The summed E-state index contributed by atoms with van der Waals surface area (Å²) in [5.41, 5.74) is -0.458. The van der Waals surface area contributed by atoms with E-state index in [2.05, 4.69) is 0 Å². The Morgan fingerprint density at radius 1 is 1.07 bits per heavy atom. The Hall–Kier alpha value is -0.610. The molecule has 1 unspecified atom stereocenters. The van der Waals surface area contributed by atoms with E-state index in [1.165, 1.54) is 0 Å². The molecule has 14 heavy (non-hydrogen) atoms. The summed E-state index contributed by atoms with van der Waals surface area (Å²) < 4.78 is 16.8. The first-order chi connectivity index (χ1) is 6.77. The van der Waals surface area contributed by atoms with E-state index in [-0.39, 0.29) is 5.97 Å². The normalized spacial score (nSPS) is 39.9. The second-order valence-electron chi connectivity index (χ2n) is 4.27. The molecule has 0 N–H and O–H groups in total. The molecule has 3 rings (SSSR count). The molecule has 2 spiro atoms. The molecule has 0 radical (unpaired) electrons. The van der Waals surface area contributed by atoms with Crippen molar-refractivity contribution < 1.29 is 19.0 Å². The highest BCUT2D eigenvalue weighted by Crippen LogP contribution is 2.52. The average Bonchev–Trinajstić information content (AvgIpc) is 2.82. The number of ether oxygens (including phenoxy) is 3. The molecule has 2 heterocycles. The lowest BCUT2D eigenvalue weighted by Crippen LogP contribution is -2.50. The first kappa shape index (κ1) is 8.68. The molecule has 0 aromatic rings. The Balaban J connectivity index is 1.94. The summed E-state index contributed by atoms with van der Waals surface area (Å²) in [5, 5.41) is 0. The van der Waals surface area contributed by atoms with Gasteiger partial charge in [0.05, 0.1) is 13.2 Å². The fourth-order valence-electron chi connectivity index (χ4n) is 2.96. The number of rotatable bonds is 0. The number of carbonyl (C=O) groups excluding carboxylic acids is 1. The fraction of sp³-hybridized carbons (Fsp3) is 0.900. The van der Waals surface area contributed by atoms with E-state index in [1.807, 2.05) is 0 Å². The van der Waals surface area contributed by atoms with Crippen LogP contribution in [0.15, 0.2) is 0 Å². The first-order valence-electron chi connectivity index (χ1n) is 5.26. The van der Waals surface area contributed by atoms with Crippen LogP contribution in [-0.2, 0) is 19.0 Å². The van der Waals surface area contributed by atoms with Gasteiger partial charge in [-0.05, 0) is 12.8 Å². The molecule has 3 aliphatic rings. The van der Waals surface area contributed by atoms with Crippen molar-refractivity contribution in [2.75, 3.05) is 13.2 Å². The van der Waals surface area contributed by atoms with Crippen molar-refractivity contribution in [2.45, 2.75) is 43.5 Å². The van der Waals surface area contributed by atoms with Crippen molar-refractivity contribution in [3.8, 4) is 0 Å². The van der Waals surface area contributed by atoms with Gasteiger partial charge in [0.2, 0.25) is 5.79 Å². The highest BCUT2D eigenvalue weighted by atomic mass is 16.8. The van der Waals surface area contributed by atoms with Gasteiger partial charge in [-0.25, -0.2) is 0 Å². The van der Waals surface area contributed by atoms with Crippen LogP contribution in [0.2, 0.25) is 0 Å². The zero-order valence-corrected chi connectivity index (χ0v) is 8.08. The highest BCUT2D eigenvalue weighted by molar-refractivity contribution is 5.72. The molecule has 4 nitrogen and oxygen atoms in total. The molecule has 2 aliphatic heterocycles. The Bertz CT molecular complexity index is 264. The minimum atomic E-state index is -0.598. The third-order valence-electron chi connectivity index (χ3n) is 3.58. The second kappa shape index (κ2) is 2.70. The molecule has 78 valence electrons. The Morgan fingerprint density at radius 3 is 2.50 bits per heavy atom. The van der Waals surface area contributed by atoms with Gasteiger partial charge in [-0.1, -0.05) is 0 Å². The highest BCUT2D eigenvalue weighted by Gasteiger charge is 2.63. The summed E-state index contributed by atoms with van der Waals surface area (Å²) in [5.74, 6) is -0.704. The van der Waals surface area contributed by atoms with Gasteiger partial charge in [0.25, 0.3) is 0 Å². The van der Waals surface area contributed by atoms with Crippen molar-refractivity contribution in [1.82, 2.24) is 0 Å². The van der Waals surface area contributed by atoms with Crippen LogP contribution in [0.4, 0.5) is 0 Å². The van der Waals surface area contributed by atoms with Crippen LogP contribution in [0.5, 0.6) is 0 Å². The third kappa shape index (κ3) is 0.929. The second-order valence-corrected chi connectivity index (χ2v) is 4.27. The smallest absolute Gasteiger partial charge is 0.306 e. The lowest BCUT2D eigenvalue weighted by atomic mass is 9.93. The maximum absolute atomic E-state index is 11.2. The molecule has 0 aromatic carbocycles. The average molecular weight is 198 g/mol. The van der Waals surface area contributed by atoms with Gasteiger partial charge in [0.15, 0.2) is 5.60 Å². The van der Waals surface area contributed by atoms with Gasteiger partial charge in [-0.3, -0.25) is 4.79 Å². The van der Waals surface area contributed by atoms with E-state index < -0.39 is 11.4 Å². The number of carbonyl (C=O) groups is 1. The van der Waals surface area contributed by atoms with Crippen molar-refractivity contribution in [3.63, 3.8) is 0 Å². The van der Waals surface area contributed by atoms with Crippen molar-refractivity contribution >= 4 is 5.97 Å². The number of fused-ring (bicyclic) bond motifs is 1. The Labute approximate surface area is 82.5 Å². The van der Waals surface area contributed by atoms with Gasteiger partial charge in [-0.2, -0.15) is 0 Å². The third-order valence-corrected chi connectivity index (χ3v) is 3.58. The van der Waals surface area contributed by atoms with E-state index in [0.717, 1.165) is 25.7 Å². The topological polar surface area (TPSA) is 44.8 Å². The molecule has 1 aliphatic carbocycles. The molecular formula is C10H14O4. The predicted molar refractivity (Wildman–Crippen MR) is 46.5 cm³/mol. The van der Waals surface area contributed by atoms with Gasteiger partial charge in [0, 0.05) is 19.3 Å². The maximum atomic E-state index is 11.2. The van der Waals surface area contributed by atoms with Crippen molar-refractivity contribution in [1.29, 1.82) is 0 Å². The molecule has 3 fully saturated rings. The minimum Gasteiger partial charge on any atom is -0.453 e. The molecule has 0 aromatic heterocycles. The Kier molecular flexibility index (Phi) is 1.67. The molecule has 1 saturated carbocycles. The molecular weight excluding hydrogens is 184 g/mol. The van der Waals surface area contributed by atoms with Crippen LogP contribution in [0.25, 0.3) is 0 Å². The Morgan fingerprint density at radius 2 is 1.86 bits per heavy atom. The van der Waals surface area contributed by atoms with Crippen LogP contribution in [0.3, 0.4) is 0 Å². The molecule has 0 amide bonds. The number of hydrogen-bond donors (Lipinski definition) is 0. The number of esters is 1. The lowest BCUT2D eigenvalue weighted by Gasteiger charge is -2.36. The zero-order valence-electron chi connectivity index (χ0n) is 8.08. The summed E-state index contributed by atoms with van der Waals surface area (Å²) in [6.45, 7) is 1.25. The summed E-state index contributed by atoms with van der Waals surface area (Å²) in [4.78, 5) is 11.2. The number of hydrogen-bond acceptors (Lipinski definition) is 4. The summed E-state index contributed by atoms with van der Waals surface area (Å²) >= 11 is 0. The van der Waals surface area contributed by atoms with Crippen molar-refractivity contribution in [2.24, 2.45) is 0 Å². The SMILES string of the molecule is O=C1CCC2(CCCC23OCCO3)O1. The summed E-state index contributed by atoms with van der Waals surface area (Å²) in [6.07, 6.45) is 4.03. The zero-order chi connectivity index (χ0) is 9.65. The standard InChI is InChI=1S/C10H14O4/c11-8-2-5-9(14-8)3-1-4-10(9)12-6-7-13-10/h1-7H2. The predicted octanol–water partition coefficient (Wildman–Crippen LogP) is 0.989.